The maximum atomic E-state index is 13.2. The van der Waals surface area contributed by atoms with Gasteiger partial charge in [-0.2, -0.15) is 5.26 Å². The van der Waals surface area contributed by atoms with E-state index in [1.165, 1.54) is 12.0 Å². The number of aromatic amines is 1. The van der Waals surface area contributed by atoms with Crippen LogP contribution in [0.25, 0.3) is 27.0 Å². The van der Waals surface area contributed by atoms with Crippen molar-refractivity contribution in [2.75, 3.05) is 18.4 Å². The number of rotatable bonds is 12. The van der Waals surface area contributed by atoms with Gasteiger partial charge in [0.1, 0.15) is 28.7 Å². The summed E-state index contributed by atoms with van der Waals surface area (Å²) in [6.07, 6.45) is 3.10. The summed E-state index contributed by atoms with van der Waals surface area (Å²) in [5.41, 5.74) is 9.29. The number of H-pyrrole nitrogens is 1. The van der Waals surface area contributed by atoms with Crippen LogP contribution in [0.3, 0.4) is 0 Å². The number of thiophene rings is 1. The van der Waals surface area contributed by atoms with Gasteiger partial charge in [0.25, 0.3) is 10.0 Å². The Morgan fingerprint density at radius 2 is 1.63 bits per heavy atom. The predicted molar refractivity (Wildman–Crippen MR) is 229 cm³/mol. The minimum absolute atomic E-state index is 0.0514. The van der Waals surface area contributed by atoms with Gasteiger partial charge < -0.3 is 14.5 Å². The van der Waals surface area contributed by atoms with E-state index in [0.29, 0.717) is 34.6 Å². The summed E-state index contributed by atoms with van der Waals surface area (Å²) in [7, 11) is -2.48. The van der Waals surface area contributed by atoms with E-state index in [2.05, 4.69) is 64.1 Å². The standard InChI is InChI=1S/C45H41N7O5S2/c1-26-8-21-37(43-40(26)34(24-46)25-47-43)51-59(54,55)36-19-9-30(10-20-36)7-6-22-57-35-17-15-32(16-18-35)31-11-13-33(14-12-31)42-41-27(2)28(3)58-45(41)52-29(4)49-50-44(52)38(48-42)23-39(53)56-5/h8-21,25,38,47,51H,6-7,22-23H2,1-5H3/t38-/m0/s1. The molecule has 1 atom stereocenters. The number of hydrogen-bond donors (Lipinski definition) is 2. The number of nitrogens with zero attached hydrogens (tertiary/aromatic N) is 5. The monoisotopic (exact) mass is 823 g/mol. The minimum atomic E-state index is -3.85. The number of aryl methyl sites for hydroxylation is 4. The largest absolute Gasteiger partial charge is 0.494 e. The summed E-state index contributed by atoms with van der Waals surface area (Å²) in [5, 5.41) is 19.9. The highest BCUT2D eigenvalue weighted by Gasteiger charge is 2.32. The van der Waals surface area contributed by atoms with E-state index in [-0.39, 0.29) is 17.3 Å². The highest BCUT2D eigenvalue weighted by atomic mass is 32.2. The second kappa shape index (κ2) is 16.0. The van der Waals surface area contributed by atoms with E-state index in [9.17, 15) is 18.5 Å². The van der Waals surface area contributed by atoms with Crippen LogP contribution >= 0.6 is 11.3 Å². The van der Waals surface area contributed by atoms with E-state index in [1.807, 2.05) is 54.8 Å². The first-order chi connectivity index (χ1) is 28.4. The number of aromatic nitrogens is 4. The molecule has 12 nitrogen and oxygen atoms in total. The van der Waals surface area contributed by atoms with Gasteiger partial charge in [-0.25, -0.2) is 8.42 Å². The number of anilines is 1. The van der Waals surface area contributed by atoms with Crippen molar-refractivity contribution < 1.29 is 22.7 Å². The SMILES string of the molecule is COC(=O)C[C@@H]1N=C(c2ccc(-c3ccc(OCCCc4ccc(S(=O)(=O)Nc5ccc(C)c6c(C#N)c[nH]c56)cc4)cc3)cc2)c2c(sc(C)c2C)-n2c(C)nnc21. The average Bonchev–Trinajstić information content (AvgIpc) is 3.92. The first kappa shape index (κ1) is 39.3. The Bertz CT molecular complexity index is 2900. The fourth-order valence-electron chi connectivity index (χ4n) is 7.43. The Balaban J connectivity index is 0.896. The molecule has 8 rings (SSSR count). The maximum absolute atomic E-state index is 13.2. The van der Waals surface area contributed by atoms with Crippen LogP contribution < -0.4 is 9.46 Å². The molecule has 59 heavy (non-hydrogen) atoms. The molecule has 14 heteroatoms. The quantitative estimate of drug-likeness (QED) is 0.0912. The first-order valence-corrected chi connectivity index (χ1v) is 21.4. The van der Waals surface area contributed by atoms with Gasteiger partial charge in [-0.3, -0.25) is 19.1 Å². The van der Waals surface area contributed by atoms with Gasteiger partial charge in [0.05, 0.1) is 47.5 Å². The van der Waals surface area contributed by atoms with Gasteiger partial charge in [0, 0.05) is 27.6 Å². The number of fused-ring (bicyclic) bond motifs is 4. The molecular weight excluding hydrogens is 783 g/mol. The van der Waals surface area contributed by atoms with Crippen molar-refractivity contribution >= 4 is 49.6 Å². The normalized spacial score (nSPS) is 13.6. The van der Waals surface area contributed by atoms with Gasteiger partial charge in [0.2, 0.25) is 0 Å². The fourth-order valence-corrected chi connectivity index (χ4v) is 9.71. The number of benzene rings is 4. The van der Waals surface area contributed by atoms with Crippen LogP contribution in [0.4, 0.5) is 5.69 Å². The predicted octanol–water partition coefficient (Wildman–Crippen LogP) is 8.85. The maximum Gasteiger partial charge on any atom is 0.308 e. The fraction of sp³-hybridized carbons (Fsp3) is 0.222. The highest BCUT2D eigenvalue weighted by molar-refractivity contribution is 7.92. The highest BCUT2D eigenvalue weighted by Crippen LogP contribution is 2.40. The van der Waals surface area contributed by atoms with Crippen LogP contribution in [0, 0.1) is 39.0 Å². The van der Waals surface area contributed by atoms with Gasteiger partial charge in [-0.15, -0.1) is 21.5 Å². The number of esters is 1. The second-order valence-corrected chi connectivity index (χ2v) is 17.4. The number of ether oxygens (including phenoxy) is 2. The molecule has 4 heterocycles. The van der Waals surface area contributed by atoms with Gasteiger partial charge in [-0.1, -0.05) is 54.6 Å². The van der Waals surface area contributed by atoms with Crippen LogP contribution in [-0.4, -0.2) is 53.6 Å². The molecule has 0 spiro atoms. The molecule has 3 aromatic heterocycles. The Kier molecular flexibility index (Phi) is 10.7. The molecule has 0 saturated heterocycles. The number of methoxy groups -OCH3 is 1. The lowest BCUT2D eigenvalue weighted by atomic mass is 9.97. The van der Waals surface area contributed by atoms with E-state index >= 15 is 0 Å². The lowest BCUT2D eigenvalue weighted by Gasteiger charge is -2.12. The number of carbonyl (C=O) groups is 1. The van der Waals surface area contributed by atoms with Crippen LogP contribution in [-0.2, 0) is 26.0 Å². The molecule has 0 aliphatic carbocycles. The van der Waals surface area contributed by atoms with Crippen molar-refractivity contribution in [3.63, 3.8) is 0 Å². The molecule has 1 aliphatic heterocycles. The molecule has 0 amide bonds. The molecule has 0 radical (unpaired) electrons. The number of hydrogen-bond acceptors (Lipinski definition) is 10. The van der Waals surface area contributed by atoms with Crippen LogP contribution in [0.15, 0.2) is 101 Å². The second-order valence-electron chi connectivity index (χ2n) is 14.5. The van der Waals surface area contributed by atoms with Crippen LogP contribution in [0.1, 0.15) is 68.8 Å². The third-order valence-electron chi connectivity index (χ3n) is 10.7. The Hall–Kier alpha value is -6.56. The molecule has 7 aromatic rings. The molecule has 298 valence electrons. The summed E-state index contributed by atoms with van der Waals surface area (Å²) < 4.78 is 42.3. The van der Waals surface area contributed by atoms with Gasteiger partial charge in [0.15, 0.2) is 5.82 Å². The lowest BCUT2D eigenvalue weighted by Crippen LogP contribution is -2.13. The third-order valence-corrected chi connectivity index (χ3v) is 13.3. The molecule has 2 N–H and O–H groups in total. The Labute approximate surface area is 346 Å². The number of aliphatic imine (C=N–C) groups is 1. The average molecular weight is 824 g/mol. The zero-order valence-electron chi connectivity index (χ0n) is 33.2. The van der Waals surface area contributed by atoms with Crippen molar-refractivity contribution in [3.05, 3.63) is 141 Å². The van der Waals surface area contributed by atoms with Crippen molar-refractivity contribution in [3.8, 4) is 27.9 Å². The topological polar surface area (TPSA) is 164 Å². The number of carbonyl (C=O) groups excluding carboxylic acids is 1. The van der Waals surface area contributed by atoms with E-state index in [4.69, 9.17) is 14.5 Å². The lowest BCUT2D eigenvalue weighted by molar-refractivity contribution is -0.141. The summed E-state index contributed by atoms with van der Waals surface area (Å²) in [5.74, 6) is 1.75. The van der Waals surface area contributed by atoms with Crippen LogP contribution in [0.2, 0.25) is 0 Å². The van der Waals surface area contributed by atoms with Gasteiger partial charge >= 0.3 is 5.97 Å². The number of sulfonamides is 1. The zero-order chi connectivity index (χ0) is 41.4. The van der Waals surface area contributed by atoms with Crippen LogP contribution in [0.5, 0.6) is 5.75 Å². The first-order valence-electron chi connectivity index (χ1n) is 19.1. The molecule has 4 aromatic carbocycles. The molecule has 0 saturated carbocycles. The molecule has 0 fully saturated rings. The van der Waals surface area contributed by atoms with E-state index < -0.39 is 16.1 Å². The van der Waals surface area contributed by atoms with Crippen molar-refractivity contribution in [2.45, 2.75) is 57.9 Å². The summed E-state index contributed by atoms with van der Waals surface area (Å²) in [4.78, 5) is 22.0. The smallest absolute Gasteiger partial charge is 0.308 e. The number of nitrogens with one attached hydrogen (secondary N) is 2. The Morgan fingerprint density at radius 3 is 2.32 bits per heavy atom. The van der Waals surface area contributed by atoms with Crippen molar-refractivity contribution in [1.82, 2.24) is 19.7 Å². The summed E-state index contributed by atoms with van der Waals surface area (Å²) in [6.45, 7) is 8.50. The van der Waals surface area contributed by atoms with E-state index in [1.54, 1.807) is 41.8 Å². The van der Waals surface area contributed by atoms with Crippen molar-refractivity contribution in [1.29, 1.82) is 5.26 Å². The molecular formula is C45H41N7O5S2. The van der Waals surface area contributed by atoms with Crippen molar-refractivity contribution in [2.24, 2.45) is 4.99 Å². The Morgan fingerprint density at radius 1 is 0.932 bits per heavy atom. The third kappa shape index (κ3) is 7.62. The number of nitriles is 1. The van der Waals surface area contributed by atoms with Gasteiger partial charge in [-0.05, 0) is 98.7 Å². The minimum Gasteiger partial charge on any atom is -0.494 e. The molecule has 0 bridgehead atoms. The molecule has 0 unspecified atom stereocenters. The zero-order valence-corrected chi connectivity index (χ0v) is 34.8. The molecule has 1 aliphatic rings. The van der Waals surface area contributed by atoms with E-state index in [0.717, 1.165) is 74.1 Å². The summed E-state index contributed by atoms with van der Waals surface area (Å²) >= 11 is 1.67. The summed E-state index contributed by atoms with van der Waals surface area (Å²) in [6, 6.07) is 28.2.